The van der Waals surface area contributed by atoms with Crippen LogP contribution in [0.5, 0.6) is 5.75 Å². The fraction of sp³-hybridized carbons (Fsp3) is 0.516. The number of aliphatic hydroxyl groups is 1. The maximum atomic E-state index is 13.8. The van der Waals surface area contributed by atoms with Gasteiger partial charge in [0.1, 0.15) is 29.9 Å². The van der Waals surface area contributed by atoms with Crippen LogP contribution in [0.4, 0.5) is 0 Å². The molecular weight excluding hydrogens is 628 g/mol. The minimum absolute atomic E-state index is 0.0298. The van der Waals surface area contributed by atoms with Crippen LogP contribution in [0.3, 0.4) is 0 Å². The lowest BCUT2D eigenvalue weighted by atomic mass is 10.0. The summed E-state index contributed by atoms with van der Waals surface area (Å²) in [5, 5.41) is 38.9. The number of carbonyl (C=O) groups excluding carboxylic acids is 5. The number of hydrogen-bond acceptors (Lipinski definition) is 10. The van der Waals surface area contributed by atoms with Gasteiger partial charge in [0.2, 0.25) is 29.5 Å². The van der Waals surface area contributed by atoms with Gasteiger partial charge in [0.15, 0.2) is 6.04 Å². The van der Waals surface area contributed by atoms with E-state index in [9.17, 15) is 44.1 Å². The first-order chi connectivity index (χ1) is 22.7. The fourth-order valence-electron chi connectivity index (χ4n) is 5.34. The third-order valence-corrected chi connectivity index (χ3v) is 7.94. The normalized spacial score (nSPS) is 17.5. The van der Waals surface area contributed by atoms with Crippen molar-refractivity contribution >= 4 is 35.5 Å². The zero-order chi connectivity index (χ0) is 35.5. The number of phenolic OH excluding ortho intramolecular Hbond substituents is 1. The number of aliphatic hydroxyl groups excluding tert-OH is 1. The van der Waals surface area contributed by atoms with E-state index >= 15 is 0 Å². The molecule has 1 saturated heterocycles. The average Bonchev–Trinajstić information content (AvgIpc) is 3.74. The Balaban J connectivity index is 1.80. The van der Waals surface area contributed by atoms with Gasteiger partial charge in [-0.25, -0.2) is 9.78 Å². The molecule has 10 N–H and O–H groups in total. The number of amides is 5. The van der Waals surface area contributed by atoms with Crippen molar-refractivity contribution in [2.45, 2.75) is 82.8 Å². The smallest absolute Gasteiger partial charge is 0.328 e. The van der Waals surface area contributed by atoms with Crippen LogP contribution >= 0.6 is 0 Å². The van der Waals surface area contributed by atoms with Gasteiger partial charge in [-0.3, -0.25) is 24.0 Å². The second-order valence-electron chi connectivity index (χ2n) is 12.0. The Kier molecular flexibility index (Phi) is 13.4. The number of aromatic amines is 1. The van der Waals surface area contributed by atoms with Gasteiger partial charge >= 0.3 is 5.97 Å². The number of carboxylic acid groups (broad SMARTS) is 1. The van der Waals surface area contributed by atoms with E-state index in [0.29, 0.717) is 17.7 Å². The van der Waals surface area contributed by atoms with E-state index in [-0.39, 0.29) is 38.1 Å². The summed E-state index contributed by atoms with van der Waals surface area (Å²) in [5.74, 6) is -5.28. The van der Waals surface area contributed by atoms with Crippen molar-refractivity contribution < 1.29 is 44.1 Å². The van der Waals surface area contributed by atoms with E-state index in [2.05, 4.69) is 31.2 Å². The molecule has 17 heteroatoms. The molecule has 0 aliphatic carbocycles. The molecule has 0 saturated carbocycles. The maximum absolute atomic E-state index is 13.8. The first-order valence-corrected chi connectivity index (χ1v) is 15.6. The van der Waals surface area contributed by atoms with Crippen LogP contribution in [0.2, 0.25) is 0 Å². The van der Waals surface area contributed by atoms with Crippen molar-refractivity contribution in [2.75, 3.05) is 13.1 Å². The molecule has 1 aromatic heterocycles. The monoisotopic (exact) mass is 672 g/mol. The van der Waals surface area contributed by atoms with Crippen molar-refractivity contribution in [1.82, 2.24) is 36.1 Å². The molecule has 5 amide bonds. The first-order valence-electron chi connectivity index (χ1n) is 15.6. The SMILES string of the molecule is CC(C)[C@H](NC(=O)[C@H](Cc1cnc[nH]1)NC(=O)[C@@H]1CCCN1C(=O)[C@H](Cc1ccc(O)cc1)NC(=O)CN)C(=O)N[C@H](C(=O)O)[C@@H](C)O. The van der Waals surface area contributed by atoms with Crippen LogP contribution in [-0.4, -0.2) is 115 Å². The number of imidazole rings is 1. The summed E-state index contributed by atoms with van der Waals surface area (Å²) >= 11 is 0. The lowest BCUT2D eigenvalue weighted by molar-refractivity contribution is -0.145. The summed E-state index contributed by atoms with van der Waals surface area (Å²) in [5.41, 5.74) is 6.61. The Morgan fingerprint density at radius 3 is 2.19 bits per heavy atom. The topological polar surface area (TPSA) is 269 Å². The number of carbonyl (C=O) groups is 6. The standard InChI is InChI=1S/C31H44N8O9/c1-16(2)25(29(45)38-26(17(3)40)31(47)48)37-27(43)21(12-19-14-33-15-34-19)36-28(44)23-5-4-10-39(23)30(46)22(35-24(42)13-32)11-18-6-8-20(41)9-7-18/h6-9,14-17,21-23,25-26,40-41H,4-5,10-13,32H2,1-3H3,(H,33,34)(H,35,42)(H,36,44)(H,37,43)(H,38,45)(H,47,48)/t17-,21+,22+,23+,25+,26+/m1/s1. The molecule has 3 rings (SSSR count). The molecule has 17 nitrogen and oxygen atoms in total. The number of nitrogens with one attached hydrogen (secondary N) is 5. The number of nitrogens with zero attached hydrogens (tertiary/aromatic N) is 2. The van der Waals surface area contributed by atoms with Gasteiger partial charge in [0, 0.05) is 31.3 Å². The van der Waals surface area contributed by atoms with Crippen LogP contribution in [0.15, 0.2) is 36.8 Å². The predicted octanol–water partition coefficient (Wildman–Crippen LogP) is -2.09. The highest BCUT2D eigenvalue weighted by Gasteiger charge is 2.40. The number of aromatic hydroxyl groups is 1. The molecule has 48 heavy (non-hydrogen) atoms. The van der Waals surface area contributed by atoms with Gasteiger partial charge in [0.25, 0.3) is 0 Å². The minimum atomic E-state index is -1.62. The summed E-state index contributed by atoms with van der Waals surface area (Å²) in [4.78, 5) is 86.1. The Labute approximate surface area is 277 Å². The number of phenols is 1. The quantitative estimate of drug-likeness (QED) is 0.0933. The Hall–Kier alpha value is -5.03. The molecule has 1 fully saturated rings. The van der Waals surface area contributed by atoms with Crippen molar-refractivity contribution in [3.05, 3.63) is 48.0 Å². The van der Waals surface area contributed by atoms with Crippen LogP contribution in [0.25, 0.3) is 0 Å². The zero-order valence-corrected chi connectivity index (χ0v) is 27.0. The van der Waals surface area contributed by atoms with E-state index in [1.807, 2.05) is 0 Å². The summed E-state index contributed by atoms with van der Waals surface area (Å²) in [7, 11) is 0. The predicted molar refractivity (Wildman–Crippen MR) is 170 cm³/mol. The summed E-state index contributed by atoms with van der Waals surface area (Å²) in [6.07, 6.45) is 2.19. The molecule has 0 unspecified atom stereocenters. The number of rotatable bonds is 16. The second-order valence-corrected chi connectivity index (χ2v) is 12.0. The minimum Gasteiger partial charge on any atom is -0.508 e. The maximum Gasteiger partial charge on any atom is 0.328 e. The summed E-state index contributed by atoms with van der Waals surface area (Å²) in [6, 6.07) is -0.0376. The van der Waals surface area contributed by atoms with E-state index in [4.69, 9.17) is 5.73 Å². The van der Waals surface area contributed by atoms with Crippen molar-refractivity contribution in [1.29, 1.82) is 0 Å². The van der Waals surface area contributed by atoms with E-state index < -0.39 is 77.7 Å². The number of H-pyrrole nitrogens is 1. The highest BCUT2D eigenvalue weighted by Crippen LogP contribution is 2.21. The number of carboxylic acids is 1. The largest absolute Gasteiger partial charge is 0.508 e. The van der Waals surface area contributed by atoms with Gasteiger partial charge in [-0.15, -0.1) is 0 Å². The van der Waals surface area contributed by atoms with Gasteiger partial charge in [0.05, 0.1) is 19.0 Å². The Morgan fingerprint density at radius 2 is 1.62 bits per heavy atom. The fourth-order valence-corrected chi connectivity index (χ4v) is 5.34. The molecular formula is C31H44N8O9. The van der Waals surface area contributed by atoms with Crippen LogP contribution in [0, 0.1) is 5.92 Å². The van der Waals surface area contributed by atoms with Crippen molar-refractivity contribution in [2.24, 2.45) is 11.7 Å². The Morgan fingerprint density at radius 1 is 0.958 bits per heavy atom. The van der Waals surface area contributed by atoms with E-state index in [1.165, 1.54) is 36.5 Å². The number of aliphatic carboxylic acids is 1. The number of nitrogens with two attached hydrogens (primary N) is 1. The molecule has 2 heterocycles. The van der Waals surface area contributed by atoms with Gasteiger partial charge in [-0.05, 0) is 43.4 Å². The third kappa shape index (κ3) is 10.2. The summed E-state index contributed by atoms with van der Waals surface area (Å²) in [6.45, 7) is 4.31. The van der Waals surface area contributed by atoms with Gasteiger partial charge < -0.3 is 52.2 Å². The van der Waals surface area contributed by atoms with Crippen LogP contribution in [-0.2, 0) is 41.6 Å². The molecule has 0 spiro atoms. The molecule has 2 aromatic rings. The molecule has 1 aliphatic heterocycles. The summed E-state index contributed by atoms with van der Waals surface area (Å²) < 4.78 is 0. The molecule has 0 radical (unpaired) electrons. The van der Waals surface area contributed by atoms with E-state index in [0.717, 1.165) is 0 Å². The lowest BCUT2D eigenvalue weighted by Gasteiger charge is -2.30. The molecule has 0 bridgehead atoms. The zero-order valence-electron chi connectivity index (χ0n) is 27.0. The van der Waals surface area contributed by atoms with Gasteiger partial charge in [-0.2, -0.15) is 0 Å². The molecule has 6 atom stereocenters. The van der Waals surface area contributed by atoms with Crippen LogP contribution < -0.4 is 27.0 Å². The highest BCUT2D eigenvalue weighted by atomic mass is 16.4. The van der Waals surface area contributed by atoms with Crippen molar-refractivity contribution in [3.63, 3.8) is 0 Å². The van der Waals surface area contributed by atoms with E-state index in [1.54, 1.807) is 26.0 Å². The molecule has 1 aliphatic rings. The third-order valence-electron chi connectivity index (χ3n) is 7.94. The second kappa shape index (κ2) is 17.2. The Bertz CT molecular complexity index is 1430. The first kappa shape index (κ1) is 37.4. The van der Waals surface area contributed by atoms with Crippen LogP contribution in [0.1, 0.15) is 44.9 Å². The highest BCUT2D eigenvalue weighted by molar-refractivity contribution is 5.96. The number of aromatic nitrogens is 2. The average molecular weight is 673 g/mol. The molecule has 1 aromatic carbocycles. The number of hydrogen-bond donors (Lipinski definition) is 9. The number of likely N-dealkylation sites (tertiary alicyclic amines) is 1. The van der Waals surface area contributed by atoms with Gasteiger partial charge in [-0.1, -0.05) is 26.0 Å². The number of benzene rings is 1. The molecule has 262 valence electrons. The lowest BCUT2D eigenvalue weighted by Crippen LogP contribution is -2.60. The van der Waals surface area contributed by atoms with Crippen molar-refractivity contribution in [3.8, 4) is 5.75 Å².